The monoisotopic (exact) mass is 416 g/mol. The van der Waals surface area contributed by atoms with Crippen LogP contribution in [0.5, 0.6) is 0 Å². The lowest BCUT2D eigenvalue weighted by molar-refractivity contribution is 0.203. The molecule has 22 heavy (non-hydrogen) atoms. The Labute approximate surface area is 151 Å². The molecule has 1 heterocycles. The van der Waals surface area contributed by atoms with Crippen molar-refractivity contribution in [1.82, 2.24) is 4.90 Å². The average Bonchev–Trinajstić information content (AvgIpc) is 2.49. The summed E-state index contributed by atoms with van der Waals surface area (Å²) in [6.07, 6.45) is 4.07. The molecule has 0 radical (unpaired) electrons. The van der Waals surface area contributed by atoms with Crippen LogP contribution in [0.1, 0.15) is 31.7 Å². The zero-order valence-electron chi connectivity index (χ0n) is 13.7. The summed E-state index contributed by atoms with van der Waals surface area (Å²) in [5.74, 6) is 1.05. The van der Waals surface area contributed by atoms with Gasteiger partial charge in [-0.3, -0.25) is 4.99 Å². The average molecular weight is 416 g/mol. The van der Waals surface area contributed by atoms with Crippen LogP contribution in [-0.2, 0) is 0 Å². The molecule has 0 saturated carbocycles. The van der Waals surface area contributed by atoms with E-state index >= 15 is 0 Å². The fourth-order valence-electron chi connectivity index (χ4n) is 2.72. The van der Waals surface area contributed by atoms with Crippen molar-refractivity contribution < 1.29 is 0 Å². The van der Waals surface area contributed by atoms with Crippen molar-refractivity contribution in [3.05, 3.63) is 29.8 Å². The molecule has 0 spiro atoms. The van der Waals surface area contributed by atoms with E-state index in [0.29, 0.717) is 11.9 Å². The van der Waals surface area contributed by atoms with Gasteiger partial charge in [0.1, 0.15) is 0 Å². The number of piperidine rings is 1. The Morgan fingerprint density at radius 2 is 1.86 bits per heavy atom. The van der Waals surface area contributed by atoms with Crippen LogP contribution in [0.25, 0.3) is 0 Å². The van der Waals surface area contributed by atoms with E-state index in [1.165, 1.54) is 37.9 Å². The van der Waals surface area contributed by atoms with E-state index in [2.05, 4.69) is 41.2 Å². The number of aryl methyl sites for hydroxylation is 1. The highest BCUT2D eigenvalue weighted by Gasteiger charge is 2.13. The minimum Gasteiger partial charge on any atom is -0.370 e. The van der Waals surface area contributed by atoms with Gasteiger partial charge in [-0.1, -0.05) is 31.0 Å². The molecule has 1 unspecified atom stereocenters. The van der Waals surface area contributed by atoms with Gasteiger partial charge < -0.3 is 16.0 Å². The first-order valence-electron chi connectivity index (χ1n) is 7.99. The van der Waals surface area contributed by atoms with Gasteiger partial charge in [0.2, 0.25) is 0 Å². The van der Waals surface area contributed by atoms with Gasteiger partial charge in [0, 0.05) is 18.8 Å². The van der Waals surface area contributed by atoms with Crippen LogP contribution in [0.3, 0.4) is 0 Å². The summed E-state index contributed by atoms with van der Waals surface area (Å²) in [5, 5.41) is 3.14. The quantitative estimate of drug-likeness (QED) is 0.439. The van der Waals surface area contributed by atoms with Crippen LogP contribution in [-0.4, -0.2) is 37.0 Å². The van der Waals surface area contributed by atoms with Gasteiger partial charge in [0.15, 0.2) is 5.96 Å². The maximum absolute atomic E-state index is 5.95. The van der Waals surface area contributed by atoms with Crippen molar-refractivity contribution in [2.75, 3.05) is 31.5 Å². The standard InChI is InChI=1S/C17H28N4.HI/c1-14-6-8-16(9-7-14)20-17(18)19-12-15(2)13-21-10-4-3-5-11-21;/h6-9,15H,3-5,10-13H2,1-2H3,(H3,18,19,20);1H. The first kappa shape index (κ1) is 19.2. The maximum Gasteiger partial charge on any atom is 0.193 e. The molecule has 3 N–H and O–H groups in total. The van der Waals surface area contributed by atoms with Gasteiger partial charge >= 0.3 is 0 Å². The molecule has 1 aliphatic rings. The Hall–Kier alpha value is -0.820. The van der Waals surface area contributed by atoms with E-state index in [1.54, 1.807) is 0 Å². The van der Waals surface area contributed by atoms with Gasteiger partial charge in [-0.2, -0.15) is 0 Å². The topological polar surface area (TPSA) is 53.6 Å². The highest BCUT2D eigenvalue weighted by molar-refractivity contribution is 14.0. The molecule has 0 amide bonds. The Morgan fingerprint density at radius 1 is 1.23 bits per heavy atom. The Balaban J connectivity index is 0.00000242. The predicted molar refractivity (Wildman–Crippen MR) is 106 cm³/mol. The molecular formula is C17H29IN4. The van der Waals surface area contributed by atoms with E-state index in [-0.39, 0.29) is 24.0 Å². The summed E-state index contributed by atoms with van der Waals surface area (Å²) in [5.41, 5.74) is 8.18. The molecule has 5 heteroatoms. The van der Waals surface area contributed by atoms with Gasteiger partial charge in [0.05, 0.1) is 0 Å². The van der Waals surface area contributed by atoms with E-state index in [0.717, 1.165) is 18.8 Å². The van der Waals surface area contributed by atoms with E-state index in [9.17, 15) is 0 Å². The predicted octanol–water partition coefficient (Wildman–Crippen LogP) is 3.46. The first-order valence-corrected chi connectivity index (χ1v) is 7.99. The fourth-order valence-corrected chi connectivity index (χ4v) is 2.72. The Kier molecular flexibility index (Phi) is 8.78. The molecule has 1 fully saturated rings. The number of anilines is 1. The number of halogens is 1. The number of rotatable bonds is 5. The third-order valence-corrected chi connectivity index (χ3v) is 3.92. The molecule has 0 bridgehead atoms. The third kappa shape index (κ3) is 6.96. The molecule has 1 saturated heterocycles. The second-order valence-electron chi connectivity index (χ2n) is 6.18. The van der Waals surface area contributed by atoms with E-state index < -0.39 is 0 Å². The lowest BCUT2D eigenvalue weighted by Crippen LogP contribution is -2.34. The molecule has 4 nitrogen and oxygen atoms in total. The number of nitrogens with zero attached hydrogens (tertiary/aromatic N) is 2. The van der Waals surface area contributed by atoms with Crippen LogP contribution in [0, 0.1) is 12.8 Å². The number of guanidine groups is 1. The molecule has 1 aliphatic heterocycles. The van der Waals surface area contributed by atoms with Crippen molar-refractivity contribution in [1.29, 1.82) is 0 Å². The third-order valence-electron chi connectivity index (χ3n) is 3.92. The SMILES string of the molecule is Cc1ccc(NC(N)=NCC(C)CN2CCCCC2)cc1.I. The van der Waals surface area contributed by atoms with Gasteiger partial charge in [-0.05, 0) is 50.9 Å². The van der Waals surface area contributed by atoms with Crippen molar-refractivity contribution >= 4 is 35.6 Å². The normalized spacial score (nSPS) is 17.6. The van der Waals surface area contributed by atoms with Crippen LogP contribution in [0.15, 0.2) is 29.3 Å². The summed E-state index contributed by atoms with van der Waals surface area (Å²) < 4.78 is 0. The van der Waals surface area contributed by atoms with E-state index in [4.69, 9.17) is 5.73 Å². The summed E-state index contributed by atoms with van der Waals surface area (Å²) in [6, 6.07) is 8.17. The fraction of sp³-hybridized carbons (Fsp3) is 0.588. The number of aliphatic imine (C=N–C) groups is 1. The molecular weight excluding hydrogens is 387 g/mol. The van der Waals surface area contributed by atoms with Crippen molar-refractivity contribution in [2.45, 2.75) is 33.1 Å². The molecule has 124 valence electrons. The highest BCUT2D eigenvalue weighted by atomic mass is 127. The van der Waals surface area contributed by atoms with Crippen LogP contribution < -0.4 is 11.1 Å². The van der Waals surface area contributed by atoms with Gasteiger partial charge in [-0.15, -0.1) is 24.0 Å². The Morgan fingerprint density at radius 3 is 2.50 bits per heavy atom. The smallest absolute Gasteiger partial charge is 0.193 e. The lowest BCUT2D eigenvalue weighted by Gasteiger charge is -2.28. The van der Waals surface area contributed by atoms with Crippen molar-refractivity contribution in [2.24, 2.45) is 16.6 Å². The van der Waals surface area contributed by atoms with Gasteiger partial charge in [-0.25, -0.2) is 0 Å². The summed E-state index contributed by atoms with van der Waals surface area (Å²) >= 11 is 0. The summed E-state index contributed by atoms with van der Waals surface area (Å²) in [4.78, 5) is 7.01. The summed E-state index contributed by atoms with van der Waals surface area (Å²) in [7, 11) is 0. The second-order valence-corrected chi connectivity index (χ2v) is 6.18. The Bertz CT molecular complexity index is 452. The molecule has 2 rings (SSSR count). The van der Waals surface area contributed by atoms with Crippen molar-refractivity contribution in [3.63, 3.8) is 0 Å². The number of likely N-dealkylation sites (tertiary alicyclic amines) is 1. The van der Waals surface area contributed by atoms with Crippen LogP contribution in [0.2, 0.25) is 0 Å². The van der Waals surface area contributed by atoms with Crippen molar-refractivity contribution in [3.8, 4) is 0 Å². The van der Waals surface area contributed by atoms with Crippen LogP contribution in [0.4, 0.5) is 5.69 Å². The number of hydrogen-bond acceptors (Lipinski definition) is 2. The number of nitrogens with one attached hydrogen (secondary N) is 1. The molecule has 1 atom stereocenters. The minimum atomic E-state index is 0. The number of nitrogens with two attached hydrogens (primary N) is 1. The molecule has 0 aliphatic carbocycles. The number of benzene rings is 1. The van der Waals surface area contributed by atoms with Gasteiger partial charge in [0.25, 0.3) is 0 Å². The number of hydrogen-bond donors (Lipinski definition) is 2. The molecule has 0 aromatic heterocycles. The molecule has 1 aromatic carbocycles. The zero-order chi connectivity index (χ0) is 15.1. The zero-order valence-corrected chi connectivity index (χ0v) is 16.0. The molecule has 1 aromatic rings. The van der Waals surface area contributed by atoms with Crippen LogP contribution >= 0.6 is 24.0 Å². The lowest BCUT2D eigenvalue weighted by atomic mass is 10.1. The first-order chi connectivity index (χ1) is 10.1. The summed E-state index contributed by atoms with van der Waals surface area (Å²) in [6.45, 7) is 8.71. The maximum atomic E-state index is 5.95. The highest BCUT2D eigenvalue weighted by Crippen LogP contribution is 2.11. The largest absolute Gasteiger partial charge is 0.370 e. The van der Waals surface area contributed by atoms with E-state index in [1.807, 2.05) is 12.1 Å². The second kappa shape index (κ2) is 10.0. The minimum absolute atomic E-state index is 0.